The molecule has 0 amide bonds. The Balaban J connectivity index is 1.75. The predicted molar refractivity (Wildman–Crippen MR) is 103 cm³/mol. The molecular formula is C19H15BrN4O. The fourth-order valence-corrected chi connectivity index (χ4v) is 3.09. The zero-order chi connectivity index (χ0) is 17.2. The van der Waals surface area contributed by atoms with Gasteiger partial charge in [0, 0.05) is 21.4 Å². The first-order valence-corrected chi connectivity index (χ1v) is 8.53. The lowest BCUT2D eigenvalue weighted by atomic mass is 10.1. The van der Waals surface area contributed by atoms with E-state index in [-0.39, 0.29) is 0 Å². The number of hydrogen-bond acceptors (Lipinski definition) is 4. The van der Waals surface area contributed by atoms with Gasteiger partial charge in [-0.25, -0.2) is 9.97 Å². The molecule has 0 aliphatic rings. The normalized spacial score (nSPS) is 10.8. The molecular weight excluding hydrogens is 380 g/mol. The quantitative estimate of drug-likeness (QED) is 0.502. The summed E-state index contributed by atoms with van der Waals surface area (Å²) in [6.07, 6.45) is 1.55. The van der Waals surface area contributed by atoms with Gasteiger partial charge in [0.25, 0.3) is 0 Å². The smallest absolute Gasteiger partial charge is 0.143 e. The van der Waals surface area contributed by atoms with Gasteiger partial charge in [0.2, 0.25) is 0 Å². The fourth-order valence-electron chi connectivity index (χ4n) is 2.69. The van der Waals surface area contributed by atoms with Crippen LogP contribution in [-0.2, 0) is 0 Å². The van der Waals surface area contributed by atoms with Crippen molar-refractivity contribution in [3.63, 3.8) is 0 Å². The van der Waals surface area contributed by atoms with E-state index in [1.807, 2.05) is 54.6 Å². The lowest BCUT2D eigenvalue weighted by molar-refractivity contribution is 0.415. The summed E-state index contributed by atoms with van der Waals surface area (Å²) < 4.78 is 6.31. The second-order valence-electron chi connectivity index (χ2n) is 5.53. The summed E-state index contributed by atoms with van der Waals surface area (Å²) in [6.45, 7) is 0. The number of ether oxygens (including phenoxy) is 1. The highest BCUT2D eigenvalue weighted by Crippen LogP contribution is 2.30. The summed E-state index contributed by atoms with van der Waals surface area (Å²) in [4.78, 5) is 12.1. The largest absolute Gasteiger partial charge is 0.497 e. The first-order chi connectivity index (χ1) is 12.2. The molecule has 0 aliphatic heterocycles. The van der Waals surface area contributed by atoms with Crippen LogP contribution in [0.1, 0.15) is 0 Å². The van der Waals surface area contributed by atoms with Crippen LogP contribution in [-0.4, -0.2) is 22.1 Å². The number of hydrogen-bond donors (Lipinski definition) is 2. The number of fused-ring (bicyclic) bond motifs is 1. The second kappa shape index (κ2) is 6.57. The van der Waals surface area contributed by atoms with Gasteiger partial charge in [-0.2, -0.15) is 0 Å². The minimum atomic E-state index is 0.758. The van der Waals surface area contributed by atoms with Crippen molar-refractivity contribution in [3.8, 4) is 17.0 Å². The number of methoxy groups -OCH3 is 1. The van der Waals surface area contributed by atoms with Gasteiger partial charge < -0.3 is 15.0 Å². The summed E-state index contributed by atoms with van der Waals surface area (Å²) >= 11 is 3.48. The van der Waals surface area contributed by atoms with Crippen molar-refractivity contribution in [1.29, 1.82) is 0 Å². The van der Waals surface area contributed by atoms with Crippen molar-refractivity contribution >= 4 is 38.5 Å². The molecule has 2 aromatic heterocycles. The van der Waals surface area contributed by atoms with Crippen LogP contribution in [0, 0.1) is 0 Å². The summed E-state index contributed by atoms with van der Waals surface area (Å²) in [7, 11) is 1.66. The zero-order valence-corrected chi connectivity index (χ0v) is 15.0. The van der Waals surface area contributed by atoms with Crippen LogP contribution in [0.25, 0.3) is 22.3 Å². The highest BCUT2D eigenvalue weighted by molar-refractivity contribution is 9.10. The second-order valence-corrected chi connectivity index (χ2v) is 6.45. The molecule has 0 radical (unpaired) electrons. The first kappa shape index (κ1) is 15.7. The highest BCUT2D eigenvalue weighted by Gasteiger charge is 2.10. The van der Waals surface area contributed by atoms with Crippen molar-refractivity contribution in [3.05, 3.63) is 65.4 Å². The number of nitrogens with zero attached hydrogens (tertiary/aromatic N) is 2. The minimum absolute atomic E-state index is 0.758. The Morgan fingerprint density at radius 3 is 2.76 bits per heavy atom. The molecule has 0 aliphatic carbocycles. The fraction of sp³-hybridized carbons (Fsp3) is 0.0526. The number of aromatic amines is 1. The van der Waals surface area contributed by atoms with E-state index in [2.05, 4.69) is 36.2 Å². The van der Waals surface area contributed by atoms with Crippen molar-refractivity contribution in [2.24, 2.45) is 0 Å². The van der Waals surface area contributed by atoms with Gasteiger partial charge in [-0.1, -0.05) is 34.1 Å². The molecule has 5 nitrogen and oxygen atoms in total. The van der Waals surface area contributed by atoms with Gasteiger partial charge in [-0.15, -0.1) is 0 Å². The van der Waals surface area contributed by atoms with E-state index in [9.17, 15) is 0 Å². The lowest BCUT2D eigenvalue weighted by Crippen LogP contribution is -1.94. The number of rotatable bonds is 4. The number of benzene rings is 2. The molecule has 4 rings (SSSR count). The molecule has 0 saturated heterocycles. The Hall–Kier alpha value is -2.86. The number of halogens is 1. The summed E-state index contributed by atoms with van der Waals surface area (Å²) in [5, 5.41) is 4.28. The molecule has 124 valence electrons. The van der Waals surface area contributed by atoms with Gasteiger partial charge in [-0.3, -0.25) is 0 Å². The van der Waals surface area contributed by atoms with Gasteiger partial charge in [0.1, 0.15) is 23.5 Å². The molecule has 2 N–H and O–H groups in total. The van der Waals surface area contributed by atoms with E-state index in [4.69, 9.17) is 4.74 Å². The van der Waals surface area contributed by atoms with Crippen molar-refractivity contribution in [2.45, 2.75) is 0 Å². The molecule has 4 aromatic rings. The van der Waals surface area contributed by atoms with Gasteiger partial charge in [0.05, 0.1) is 12.5 Å². The third-order valence-electron chi connectivity index (χ3n) is 3.89. The molecule has 0 unspecified atom stereocenters. The Kier molecular flexibility index (Phi) is 4.11. The summed E-state index contributed by atoms with van der Waals surface area (Å²) in [5.41, 5.74) is 3.74. The lowest BCUT2D eigenvalue weighted by Gasteiger charge is -2.06. The van der Waals surface area contributed by atoms with Crippen molar-refractivity contribution in [1.82, 2.24) is 15.0 Å². The van der Waals surface area contributed by atoms with E-state index in [1.54, 1.807) is 13.4 Å². The first-order valence-electron chi connectivity index (χ1n) is 7.74. The van der Waals surface area contributed by atoms with E-state index in [0.717, 1.165) is 44.0 Å². The number of aromatic nitrogens is 3. The standard InChI is InChI=1S/C19H15BrN4O/c1-25-15-7-2-4-12(8-15)17-10-16-18(21-11-22-19(16)24-17)23-14-6-3-5-13(20)9-14/h2-11H,1H3,(H2,21,22,23,24). The molecule has 6 heteroatoms. The molecule has 25 heavy (non-hydrogen) atoms. The topological polar surface area (TPSA) is 62.8 Å². The average molecular weight is 395 g/mol. The zero-order valence-electron chi connectivity index (χ0n) is 13.5. The Morgan fingerprint density at radius 2 is 1.92 bits per heavy atom. The van der Waals surface area contributed by atoms with Crippen molar-refractivity contribution in [2.75, 3.05) is 12.4 Å². The SMILES string of the molecule is COc1cccc(-c2cc3c(Nc4cccc(Br)c4)ncnc3[nH]2)c1. The molecule has 0 fully saturated rings. The van der Waals surface area contributed by atoms with Crippen LogP contribution in [0.4, 0.5) is 11.5 Å². The van der Waals surface area contributed by atoms with E-state index in [1.165, 1.54) is 0 Å². The van der Waals surface area contributed by atoms with Crippen LogP contribution in [0.5, 0.6) is 5.75 Å². The van der Waals surface area contributed by atoms with Crippen molar-refractivity contribution < 1.29 is 4.74 Å². The summed E-state index contributed by atoms with van der Waals surface area (Å²) in [5.74, 6) is 1.57. The van der Waals surface area contributed by atoms with Crippen LogP contribution >= 0.6 is 15.9 Å². The Morgan fingerprint density at radius 1 is 1.04 bits per heavy atom. The predicted octanol–water partition coefficient (Wildman–Crippen LogP) is 5.14. The monoisotopic (exact) mass is 394 g/mol. The maximum Gasteiger partial charge on any atom is 0.143 e. The van der Waals surface area contributed by atoms with Gasteiger partial charge in [0.15, 0.2) is 0 Å². The van der Waals surface area contributed by atoms with Crippen LogP contribution in [0.3, 0.4) is 0 Å². The van der Waals surface area contributed by atoms with E-state index >= 15 is 0 Å². The molecule has 2 heterocycles. The molecule has 0 atom stereocenters. The maximum absolute atomic E-state index is 5.31. The summed E-state index contributed by atoms with van der Waals surface area (Å²) in [6, 6.07) is 17.9. The van der Waals surface area contributed by atoms with Gasteiger partial charge in [-0.05, 0) is 36.4 Å². The van der Waals surface area contributed by atoms with Crippen LogP contribution in [0.2, 0.25) is 0 Å². The average Bonchev–Trinajstić information content (AvgIpc) is 3.07. The van der Waals surface area contributed by atoms with E-state index in [0.29, 0.717) is 0 Å². The Bertz CT molecular complexity index is 1040. The van der Waals surface area contributed by atoms with Crippen LogP contribution < -0.4 is 10.1 Å². The number of nitrogens with one attached hydrogen (secondary N) is 2. The molecule has 2 aromatic carbocycles. The minimum Gasteiger partial charge on any atom is -0.497 e. The maximum atomic E-state index is 5.31. The molecule has 0 bridgehead atoms. The molecule has 0 spiro atoms. The van der Waals surface area contributed by atoms with E-state index < -0.39 is 0 Å². The third kappa shape index (κ3) is 3.21. The van der Waals surface area contributed by atoms with Gasteiger partial charge >= 0.3 is 0 Å². The highest BCUT2D eigenvalue weighted by atomic mass is 79.9. The van der Waals surface area contributed by atoms with Crippen LogP contribution in [0.15, 0.2) is 65.4 Å². The molecule has 0 saturated carbocycles. The Labute approximate surface area is 153 Å². The number of H-pyrrole nitrogens is 1. The number of anilines is 2. The third-order valence-corrected chi connectivity index (χ3v) is 4.39.